The minimum Gasteiger partial charge on any atom is -0.490 e. The Hall–Kier alpha value is -1.75. The van der Waals surface area contributed by atoms with Gasteiger partial charge in [-0.2, -0.15) is 0 Å². The van der Waals surface area contributed by atoms with Gasteiger partial charge in [0.25, 0.3) is 0 Å². The van der Waals surface area contributed by atoms with E-state index in [1.54, 1.807) is 0 Å². The lowest BCUT2D eigenvalue weighted by Gasteiger charge is -2.31. The molecule has 0 atom stereocenters. The number of rotatable bonds is 5. The molecule has 104 valence electrons. The van der Waals surface area contributed by atoms with Gasteiger partial charge in [0.15, 0.2) is 0 Å². The second-order valence-corrected chi connectivity index (χ2v) is 4.52. The number of hydrogen-bond acceptors (Lipinski definition) is 5. The largest absolute Gasteiger partial charge is 0.490 e. The van der Waals surface area contributed by atoms with Crippen molar-refractivity contribution < 1.29 is 14.3 Å². The van der Waals surface area contributed by atoms with Crippen LogP contribution in [0.15, 0.2) is 18.2 Å². The topological polar surface area (TPSA) is 64.8 Å². The van der Waals surface area contributed by atoms with Crippen LogP contribution in [0.5, 0.6) is 5.75 Å². The highest BCUT2D eigenvalue weighted by molar-refractivity contribution is 5.69. The lowest BCUT2D eigenvalue weighted by Crippen LogP contribution is -2.33. The minimum atomic E-state index is -0.160. The van der Waals surface area contributed by atoms with E-state index in [0.29, 0.717) is 19.6 Å². The Balaban J connectivity index is 1.99. The first kappa shape index (κ1) is 13.7. The van der Waals surface area contributed by atoms with Crippen LogP contribution < -0.4 is 15.4 Å². The molecule has 1 heterocycles. The highest BCUT2D eigenvalue weighted by Gasteiger charge is 2.18. The number of fused-ring (bicyclic) bond motifs is 1. The molecule has 0 spiro atoms. The number of benzene rings is 1. The molecule has 1 aromatic rings. The SMILES string of the molecule is COC(=O)CCCN1CCOc2cc(CN)ccc21. The molecule has 19 heavy (non-hydrogen) atoms. The number of esters is 1. The standard InChI is InChI=1S/C14H20N2O3/c1-18-14(17)3-2-6-16-7-8-19-13-9-11(10-15)4-5-12(13)16/h4-5,9H,2-3,6-8,10,15H2,1H3. The first-order valence-corrected chi connectivity index (χ1v) is 6.52. The Kier molecular flexibility index (Phi) is 4.63. The van der Waals surface area contributed by atoms with Crippen molar-refractivity contribution in [1.29, 1.82) is 0 Å². The Morgan fingerprint density at radius 2 is 2.37 bits per heavy atom. The summed E-state index contributed by atoms with van der Waals surface area (Å²) >= 11 is 0. The van der Waals surface area contributed by atoms with Gasteiger partial charge in [-0.05, 0) is 24.1 Å². The van der Waals surface area contributed by atoms with Gasteiger partial charge in [-0.3, -0.25) is 4.79 Å². The fraction of sp³-hybridized carbons (Fsp3) is 0.500. The average Bonchev–Trinajstić information content (AvgIpc) is 2.46. The fourth-order valence-electron chi connectivity index (χ4n) is 2.20. The van der Waals surface area contributed by atoms with Crippen LogP contribution in [0.4, 0.5) is 5.69 Å². The number of nitrogens with two attached hydrogens (primary N) is 1. The second-order valence-electron chi connectivity index (χ2n) is 4.52. The smallest absolute Gasteiger partial charge is 0.305 e. The van der Waals surface area contributed by atoms with Crippen molar-refractivity contribution in [1.82, 2.24) is 0 Å². The van der Waals surface area contributed by atoms with Crippen LogP contribution >= 0.6 is 0 Å². The zero-order chi connectivity index (χ0) is 13.7. The van der Waals surface area contributed by atoms with E-state index in [9.17, 15) is 4.79 Å². The molecule has 0 saturated heterocycles. The van der Waals surface area contributed by atoms with Crippen LogP contribution in [0.25, 0.3) is 0 Å². The third-order valence-electron chi connectivity index (χ3n) is 3.26. The van der Waals surface area contributed by atoms with Crippen LogP contribution in [-0.4, -0.2) is 32.8 Å². The van der Waals surface area contributed by atoms with Crippen molar-refractivity contribution in [3.8, 4) is 5.75 Å². The van der Waals surface area contributed by atoms with Crippen molar-refractivity contribution in [2.24, 2.45) is 5.73 Å². The predicted molar refractivity (Wildman–Crippen MR) is 73.3 cm³/mol. The number of ether oxygens (including phenoxy) is 2. The van der Waals surface area contributed by atoms with E-state index >= 15 is 0 Å². The molecule has 1 aliphatic heterocycles. The van der Waals surface area contributed by atoms with Gasteiger partial charge >= 0.3 is 5.97 Å². The maximum atomic E-state index is 11.1. The first-order valence-electron chi connectivity index (χ1n) is 6.52. The average molecular weight is 264 g/mol. The van der Waals surface area contributed by atoms with Gasteiger partial charge in [-0.25, -0.2) is 0 Å². The molecule has 0 fully saturated rings. The Morgan fingerprint density at radius 1 is 1.53 bits per heavy atom. The summed E-state index contributed by atoms with van der Waals surface area (Å²) < 4.78 is 10.3. The molecule has 1 aromatic carbocycles. The Morgan fingerprint density at radius 3 is 3.11 bits per heavy atom. The molecule has 5 nitrogen and oxygen atoms in total. The van der Waals surface area contributed by atoms with E-state index in [4.69, 9.17) is 10.5 Å². The molecule has 0 unspecified atom stereocenters. The molecule has 2 N–H and O–H groups in total. The van der Waals surface area contributed by atoms with Gasteiger partial charge in [-0.1, -0.05) is 6.07 Å². The molecule has 0 aliphatic carbocycles. The number of hydrogen-bond donors (Lipinski definition) is 1. The van der Waals surface area contributed by atoms with Crippen molar-refractivity contribution in [2.45, 2.75) is 19.4 Å². The van der Waals surface area contributed by atoms with Crippen LogP contribution in [-0.2, 0) is 16.1 Å². The van der Waals surface area contributed by atoms with Crippen LogP contribution in [0.1, 0.15) is 18.4 Å². The molecule has 2 rings (SSSR count). The van der Waals surface area contributed by atoms with E-state index in [0.717, 1.165) is 36.5 Å². The molecule has 0 amide bonds. The van der Waals surface area contributed by atoms with Gasteiger partial charge in [0.2, 0.25) is 0 Å². The zero-order valence-corrected chi connectivity index (χ0v) is 11.2. The zero-order valence-electron chi connectivity index (χ0n) is 11.2. The third kappa shape index (κ3) is 3.38. The normalized spacial score (nSPS) is 13.7. The lowest BCUT2D eigenvalue weighted by molar-refractivity contribution is -0.140. The summed E-state index contributed by atoms with van der Waals surface area (Å²) in [6.07, 6.45) is 1.23. The number of nitrogens with zero attached hydrogens (tertiary/aromatic N) is 1. The van der Waals surface area contributed by atoms with E-state index < -0.39 is 0 Å². The predicted octanol–water partition coefficient (Wildman–Crippen LogP) is 1.30. The summed E-state index contributed by atoms with van der Waals surface area (Å²) in [7, 11) is 1.42. The molecule has 5 heteroatoms. The number of carbonyl (C=O) groups excluding carboxylic acids is 1. The van der Waals surface area contributed by atoms with Gasteiger partial charge in [-0.15, -0.1) is 0 Å². The molecular weight excluding hydrogens is 244 g/mol. The number of anilines is 1. The fourth-order valence-corrected chi connectivity index (χ4v) is 2.20. The monoisotopic (exact) mass is 264 g/mol. The summed E-state index contributed by atoms with van der Waals surface area (Å²) in [5.74, 6) is 0.722. The summed E-state index contributed by atoms with van der Waals surface area (Å²) in [5.41, 5.74) is 7.77. The Labute approximate surface area is 113 Å². The second kappa shape index (κ2) is 6.43. The number of carbonyl (C=O) groups is 1. The maximum absolute atomic E-state index is 11.1. The van der Waals surface area contributed by atoms with Gasteiger partial charge < -0.3 is 20.1 Å². The van der Waals surface area contributed by atoms with Crippen molar-refractivity contribution >= 4 is 11.7 Å². The molecule has 0 aromatic heterocycles. The van der Waals surface area contributed by atoms with Crippen molar-refractivity contribution in [3.05, 3.63) is 23.8 Å². The molecular formula is C14H20N2O3. The molecule has 0 radical (unpaired) electrons. The van der Waals surface area contributed by atoms with Crippen LogP contribution in [0.2, 0.25) is 0 Å². The van der Waals surface area contributed by atoms with Crippen molar-refractivity contribution in [2.75, 3.05) is 31.7 Å². The summed E-state index contributed by atoms with van der Waals surface area (Å²) in [6.45, 7) is 2.85. The minimum absolute atomic E-state index is 0.160. The van der Waals surface area contributed by atoms with Gasteiger partial charge in [0, 0.05) is 19.5 Å². The first-order chi connectivity index (χ1) is 9.24. The summed E-state index contributed by atoms with van der Waals surface area (Å²) in [4.78, 5) is 13.3. The van der Waals surface area contributed by atoms with Crippen molar-refractivity contribution in [3.63, 3.8) is 0 Å². The maximum Gasteiger partial charge on any atom is 0.305 e. The molecule has 0 saturated carbocycles. The third-order valence-corrected chi connectivity index (χ3v) is 3.26. The van der Waals surface area contributed by atoms with E-state index in [2.05, 4.69) is 9.64 Å². The van der Waals surface area contributed by atoms with E-state index in [-0.39, 0.29) is 5.97 Å². The van der Waals surface area contributed by atoms with Gasteiger partial charge in [0.05, 0.1) is 19.3 Å². The Bertz CT molecular complexity index is 448. The lowest BCUT2D eigenvalue weighted by atomic mass is 10.1. The quantitative estimate of drug-likeness (QED) is 0.812. The molecule has 1 aliphatic rings. The van der Waals surface area contributed by atoms with E-state index in [1.807, 2.05) is 18.2 Å². The highest BCUT2D eigenvalue weighted by Crippen LogP contribution is 2.32. The highest BCUT2D eigenvalue weighted by atomic mass is 16.5. The summed E-state index contributed by atoms with van der Waals surface area (Å²) in [5, 5.41) is 0. The summed E-state index contributed by atoms with van der Waals surface area (Å²) in [6, 6.07) is 6.04. The molecule has 0 bridgehead atoms. The van der Waals surface area contributed by atoms with Gasteiger partial charge in [0.1, 0.15) is 12.4 Å². The van der Waals surface area contributed by atoms with E-state index in [1.165, 1.54) is 7.11 Å². The van der Waals surface area contributed by atoms with Crippen LogP contribution in [0.3, 0.4) is 0 Å². The number of methoxy groups -OCH3 is 1. The van der Waals surface area contributed by atoms with Crippen LogP contribution in [0, 0.1) is 0 Å².